The molecule has 0 N–H and O–H groups in total. The second-order valence-electron chi connectivity index (χ2n) is 5.05. The van der Waals surface area contributed by atoms with Gasteiger partial charge in [-0.1, -0.05) is 13.8 Å². The van der Waals surface area contributed by atoms with E-state index in [9.17, 15) is 14.0 Å². The highest BCUT2D eigenvalue weighted by Crippen LogP contribution is 2.19. The summed E-state index contributed by atoms with van der Waals surface area (Å²) in [6.45, 7) is 8.81. The van der Waals surface area contributed by atoms with Gasteiger partial charge in [-0.3, -0.25) is 9.59 Å². The predicted octanol–water partition coefficient (Wildman–Crippen LogP) is 2.83. The van der Waals surface area contributed by atoms with Crippen molar-refractivity contribution in [1.29, 1.82) is 0 Å². The lowest BCUT2D eigenvalue weighted by molar-refractivity contribution is -0.156. The topological polar surface area (TPSA) is 52.6 Å². The molecule has 0 aliphatic heterocycles. The van der Waals surface area contributed by atoms with E-state index in [4.69, 9.17) is 9.47 Å². The molecule has 2 unspecified atom stereocenters. The molecule has 0 rings (SSSR count). The van der Waals surface area contributed by atoms with Crippen LogP contribution in [-0.4, -0.2) is 36.2 Å². The van der Waals surface area contributed by atoms with Gasteiger partial charge in [0.1, 0.15) is 5.60 Å². The molecule has 0 radical (unpaired) electrons. The van der Waals surface area contributed by atoms with Crippen molar-refractivity contribution in [2.24, 2.45) is 0 Å². The first-order valence-corrected chi connectivity index (χ1v) is 6.70. The average Bonchev–Trinajstić information content (AvgIpc) is 2.37. The molecule has 19 heavy (non-hydrogen) atoms. The van der Waals surface area contributed by atoms with E-state index in [1.807, 2.05) is 6.92 Å². The van der Waals surface area contributed by atoms with Gasteiger partial charge in [-0.25, -0.2) is 0 Å². The van der Waals surface area contributed by atoms with Crippen LogP contribution in [-0.2, 0) is 19.1 Å². The van der Waals surface area contributed by atoms with Gasteiger partial charge in [-0.05, 0) is 40.0 Å². The van der Waals surface area contributed by atoms with Crippen LogP contribution in [0, 0.1) is 0 Å². The van der Waals surface area contributed by atoms with Crippen LogP contribution in [0.4, 0.5) is 4.39 Å². The van der Waals surface area contributed by atoms with Crippen molar-refractivity contribution in [2.75, 3.05) is 13.2 Å². The standard InChI is InChI=1S/C14H25FO4/c1-6-13(4,11(3)16)18-9-8-10-19-14(5,7-2)12(15)17/h6-10H2,1-5H3. The molecule has 4 nitrogen and oxygen atoms in total. The Labute approximate surface area is 114 Å². The van der Waals surface area contributed by atoms with Crippen LogP contribution >= 0.6 is 0 Å². The van der Waals surface area contributed by atoms with Crippen LogP contribution in [0.5, 0.6) is 0 Å². The van der Waals surface area contributed by atoms with Gasteiger partial charge >= 0.3 is 6.04 Å². The van der Waals surface area contributed by atoms with E-state index < -0.39 is 17.2 Å². The SMILES string of the molecule is CCC(C)(OCCCOC(C)(CC)C(=O)F)C(C)=O. The van der Waals surface area contributed by atoms with Gasteiger partial charge in [-0.2, -0.15) is 4.39 Å². The molecule has 0 fully saturated rings. The fourth-order valence-corrected chi connectivity index (χ4v) is 1.40. The predicted molar refractivity (Wildman–Crippen MR) is 70.7 cm³/mol. The summed E-state index contributed by atoms with van der Waals surface area (Å²) in [5, 5.41) is 0. The number of hydrogen-bond donors (Lipinski definition) is 0. The number of carbonyl (C=O) groups excluding carboxylic acids is 2. The normalized spacial score (nSPS) is 17.6. The van der Waals surface area contributed by atoms with Gasteiger partial charge in [-0.15, -0.1) is 0 Å². The summed E-state index contributed by atoms with van der Waals surface area (Å²) in [5.74, 6) is -0.0201. The Kier molecular flexibility index (Phi) is 7.37. The molecule has 0 aromatic rings. The number of rotatable bonds is 10. The maximum Gasteiger partial charge on any atom is 0.332 e. The van der Waals surface area contributed by atoms with Gasteiger partial charge in [0, 0.05) is 0 Å². The number of hydrogen-bond acceptors (Lipinski definition) is 4. The molecule has 0 bridgehead atoms. The molecular formula is C14H25FO4. The fourth-order valence-electron chi connectivity index (χ4n) is 1.40. The van der Waals surface area contributed by atoms with Crippen molar-refractivity contribution in [3.8, 4) is 0 Å². The number of ether oxygens (including phenoxy) is 2. The third-order valence-corrected chi connectivity index (χ3v) is 3.64. The van der Waals surface area contributed by atoms with Gasteiger partial charge in [0.15, 0.2) is 11.4 Å². The van der Waals surface area contributed by atoms with E-state index in [0.29, 0.717) is 19.4 Å². The third-order valence-electron chi connectivity index (χ3n) is 3.64. The monoisotopic (exact) mass is 276 g/mol. The zero-order valence-corrected chi connectivity index (χ0v) is 12.5. The second-order valence-corrected chi connectivity index (χ2v) is 5.05. The summed E-state index contributed by atoms with van der Waals surface area (Å²) in [7, 11) is 0. The Bertz CT molecular complexity index is 289. The van der Waals surface area contributed by atoms with Crippen molar-refractivity contribution >= 4 is 11.8 Å². The van der Waals surface area contributed by atoms with Crippen molar-refractivity contribution in [3.05, 3.63) is 0 Å². The zero-order valence-electron chi connectivity index (χ0n) is 12.5. The maximum atomic E-state index is 12.8. The summed E-state index contributed by atoms with van der Waals surface area (Å²) in [4.78, 5) is 22.2. The van der Waals surface area contributed by atoms with Gasteiger partial charge in [0.25, 0.3) is 0 Å². The van der Waals surface area contributed by atoms with E-state index in [0.717, 1.165) is 0 Å². The Morgan fingerprint density at radius 1 is 1.00 bits per heavy atom. The summed E-state index contributed by atoms with van der Waals surface area (Å²) in [6, 6.07) is -1.46. The second kappa shape index (κ2) is 7.70. The highest BCUT2D eigenvalue weighted by atomic mass is 19.1. The minimum absolute atomic E-state index is 0.0201. The molecule has 0 amide bonds. The molecular weight excluding hydrogens is 251 g/mol. The molecule has 0 spiro atoms. The Hall–Kier alpha value is -0.810. The highest BCUT2D eigenvalue weighted by Gasteiger charge is 2.32. The molecule has 0 aliphatic carbocycles. The first-order valence-electron chi connectivity index (χ1n) is 6.70. The number of carbonyl (C=O) groups is 2. The minimum Gasteiger partial charge on any atom is -0.367 e. The van der Waals surface area contributed by atoms with Crippen molar-refractivity contribution < 1.29 is 23.5 Å². The van der Waals surface area contributed by atoms with Crippen LogP contribution in [0.15, 0.2) is 0 Å². The van der Waals surface area contributed by atoms with Crippen LogP contribution < -0.4 is 0 Å². The molecule has 0 aromatic carbocycles. The van der Waals surface area contributed by atoms with Crippen molar-refractivity contribution in [3.63, 3.8) is 0 Å². The number of Topliss-reactive ketones (excluding diaryl/α,β-unsaturated/α-hetero) is 1. The molecule has 2 atom stereocenters. The lowest BCUT2D eigenvalue weighted by Gasteiger charge is -2.26. The van der Waals surface area contributed by atoms with E-state index in [2.05, 4.69) is 0 Å². The summed E-state index contributed by atoms with van der Waals surface area (Å²) >= 11 is 0. The fraction of sp³-hybridized carbons (Fsp3) is 0.857. The summed E-state index contributed by atoms with van der Waals surface area (Å²) < 4.78 is 23.6. The largest absolute Gasteiger partial charge is 0.367 e. The quantitative estimate of drug-likeness (QED) is 0.455. The lowest BCUT2D eigenvalue weighted by atomic mass is 9.99. The molecule has 0 saturated heterocycles. The zero-order chi connectivity index (χ0) is 15.1. The number of ketones is 1. The van der Waals surface area contributed by atoms with E-state index in [-0.39, 0.29) is 18.8 Å². The van der Waals surface area contributed by atoms with Gasteiger partial charge in [0.05, 0.1) is 13.2 Å². The van der Waals surface area contributed by atoms with Crippen LogP contribution in [0.2, 0.25) is 0 Å². The first kappa shape index (κ1) is 18.2. The van der Waals surface area contributed by atoms with Crippen LogP contribution in [0.3, 0.4) is 0 Å². The van der Waals surface area contributed by atoms with Crippen LogP contribution in [0.25, 0.3) is 0 Å². The third kappa shape index (κ3) is 5.37. The molecule has 0 heterocycles. The van der Waals surface area contributed by atoms with E-state index >= 15 is 0 Å². The van der Waals surface area contributed by atoms with Crippen molar-refractivity contribution in [2.45, 2.75) is 65.1 Å². The molecule has 112 valence electrons. The Balaban J connectivity index is 4.06. The molecule has 0 saturated carbocycles. The smallest absolute Gasteiger partial charge is 0.332 e. The molecule has 0 aliphatic rings. The lowest BCUT2D eigenvalue weighted by Crippen LogP contribution is -2.37. The first-order chi connectivity index (χ1) is 8.72. The highest BCUT2D eigenvalue weighted by molar-refractivity contribution is 5.84. The van der Waals surface area contributed by atoms with Gasteiger partial charge < -0.3 is 9.47 Å². The van der Waals surface area contributed by atoms with Crippen molar-refractivity contribution in [1.82, 2.24) is 0 Å². The minimum atomic E-state index is -1.46. The number of halogens is 1. The van der Waals surface area contributed by atoms with E-state index in [1.165, 1.54) is 13.8 Å². The Morgan fingerprint density at radius 2 is 1.42 bits per heavy atom. The molecule has 5 heteroatoms. The summed E-state index contributed by atoms with van der Waals surface area (Å²) in [5.41, 5.74) is -2.14. The van der Waals surface area contributed by atoms with E-state index in [1.54, 1.807) is 13.8 Å². The maximum absolute atomic E-state index is 12.8. The Morgan fingerprint density at radius 3 is 1.74 bits per heavy atom. The molecule has 0 aromatic heterocycles. The van der Waals surface area contributed by atoms with Gasteiger partial charge in [0.2, 0.25) is 0 Å². The average molecular weight is 276 g/mol. The van der Waals surface area contributed by atoms with Crippen LogP contribution in [0.1, 0.15) is 53.9 Å². The summed E-state index contributed by atoms with van der Waals surface area (Å²) in [6.07, 6.45) is 1.38.